The largest absolute Gasteiger partial charge is 0.341 e. The van der Waals surface area contributed by atoms with Crippen LogP contribution in [0.3, 0.4) is 0 Å². The van der Waals surface area contributed by atoms with E-state index < -0.39 is 11.9 Å². The second kappa shape index (κ2) is 8.14. The summed E-state index contributed by atoms with van der Waals surface area (Å²) >= 11 is 0. The molecule has 1 aromatic carbocycles. The van der Waals surface area contributed by atoms with Crippen molar-refractivity contribution in [2.45, 2.75) is 13.8 Å². The highest BCUT2D eigenvalue weighted by atomic mass is 16.2. The molecule has 0 spiro atoms. The maximum absolute atomic E-state index is 12.0. The van der Waals surface area contributed by atoms with Crippen LogP contribution in [0.2, 0.25) is 0 Å². The number of anilines is 1. The Morgan fingerprint density at radius 2 is 1.73 bits per heavy atom. The summed E-state index contributed by atoms with van der Waals surface area (Å²) in [7, 11) is 3.05. The van der Waals surface area contributed by atoms with Crippen molar-refractivity contribution >= 4 is 23.5 Å². The molecule has 7 heteroatoms. The van der Waals surface area contributed by atoms with Crippen molar-refractivity contribution in [1.82, 2.24) is 15.5 Å². The number of nitrogens with one attached hydrogen (secondary N) is 3. The number of aryl methyl sites for hydroxylation is 1. The van der Waals surface area contributed by atoms with Gasteiger partial charge in [-0.15, -0.1) is 0 Å². The van der Waals surface area contributed by atoms with Crippen LogP contribution in [0.1, 0.15) is 11.1 Å². The third kappa shape index (κ3) is 5.53. The Hall–Kier alpha value is -2.41. The molecule has 0 saturated heterocycles. The predicted molar refractivity (Wildman–Crippen MR) is 84.6 cm³/mol. The summed E-state index contributed by atoms with van der Waals surface area (Å²) < 4.78 is 0. The van der Waals surface area contributed by atoms with E-state index in [0.29, 0.717) is 0 Å². The number of carbonyl (C=O) groups excluding carboxylic acids is 3. The third-order valence-corrected chi connectivity index (χ3v) is 3.19. The monoisotopic (exact) mass is 306 g/mol. The van der Waals surface area contributed by atoms with Crippen molar-refractivity contribution in [3.63, 3.8) is 0 Å². The van der Waals surface area contributed by atoms with Gasteiger partial charge in [-0.25, -0.2) is 4.79 Å². The highest BCUT2D eigenvalue weighted by Gasteiger charge is 2.13. The highest BCUT2D eigenvalue weighted by Crippen LogP contribution is 2.17. The van der Waals surface area contributed by atoms with Gasteiger partial charge in [0.15, 0.2) is 0 Å². The maximum Gasteiger partial charge on any atom is 0.321 e. The van der Waals surface area contributed by atoms with Crippen molar-refractivity contribution in [2.24, 2.45) is 0 Å². The molecule has 0 aliphatic rings. The van der Waals surface area contributed by atoms with Crippen LogP contribution in [0, 0.1) is 13.8 Å². The number of hydrogen-bond acceptors (Lipinski definition) is 4. The molecule has 7 nitrogen and oxygen atoms in total. The second-order valence-corrected chi connectivity index (χ2v) is 5.10. The molecule has 0 unspecified atom stereocenters. The molecule has 4 amide bonds. The van der Waals surface area contributed by atoms with Gasteiger partial charge < -0.3 is 10.6 Å². The van der Waals surface area contributed by atoms with Gasteiger partial charge in [0.25, 0.3) is 0 Å². The first-order chi connectivity index (χ1) is 10.3. The average molecular weight is 306 g/mol. The number of benzene rings is 1. The predicted octanol–water partition coefficient (Wildman–Crippen LogP) is 0.629. The zero-order chi connectivity index (χ0) is 16.7. The third-order valence-electron chi connectivity index (χ3n) is 3.19. The van der Waals surface area contributed by atoms with E-state index >= 15 is 0 Å². The van der Waals surface area contributed by atoms with Gasteiger partial charge in [-0.05, 0) is 38.1 Å². The summed E-state index contributed by atoms with van der Waals surface area (Å²) in [6, 6.07) is 5.11. The zero-order valence-electron chi connectivity index (χ0n) is 13.3. The number of amides is 4. The number of rotatable bonds is 5. The molecule has 1 aromatic rings. The van der Waals surface area contributed by atoms with Gasteiger partial charge in [0.2, 0.25) is 11.8 Å². The standard InChI is InChI=1S/C15H22N4O3/c1-10-6-5-7-12(11(10)2)17-13(20)8-19(4)9-14(21)18-15(22)16-3/h5-7H,8-9H2,1-4H3,(H,17,20)(H2,16,18,21,22). The van der Waals surface area contributed by atoms with Crippen LogP contribution in [0.15, 0.2) is 18.2 Å². The van der Waals surface area contributed by atoms with Gasteiger partial charge in [0.1, 0.15) is 0 Å². The minimum absolute atomic E-state index is 0.0480. The quantitative estimate of drug-likeness (QED) is 0.744. The van der Waals surface area contributed by atoms with Crippen LogP contribution in [0.5, 0.6) is 0 Å². The number of hydrogen-bond donors (Lipinski definition) is 3. The van der Waals surface area contributed by atoms with Gasteiger partial charge in [-0.3, -0.25) is 19.8 Å². The van der Waals surface area contributed by atoms with Crippen LogP contribution in [-0.4, -0.2) is 49.9 Å². The van der Waals surface area contributed by atoms with Crippen molar-refractivity contribution < 1.29 is 14.4 Å². The van der Waals surface area contributed by atoms with E-state index in [-0.39, 0.29) is 19.0 Å². The fourth-order valence-corrected chi connectivity index (χ4v) is 1.85. The summed E-state index contributed by atoms with van der Waals surface area (Å²) in [4.78, 5) is 36.0. The number of likely N-dealkylation sites (N-methyl/N-ethyl adjacent to an activating group) is 1. The SMILES string of the molecule is CNC(=O)NC(=O)CN(C)CC(=O)Nc1cccc(C)c1C. The van der Waals surface area contributed by atoms with Gasteiger partial charge >= 0.3 is 6.03 Å². The lowest BCUT2D eigenvalue weighted by Gasteiger charge is -2.16. The van der Waals surface area contributed by atoms with E-state index in [1.807, 2.05) is 32.0 Å². The Bertz CT molecular complexity index is 572. The fraction of sp³-hybridized carbons (Fsp3) is 0.400. The van der Waals surface area contributed by atoms with E-state index in [9.17, 15) is 14.4 Å². The first-order valence-electron chi connectivity index (χ1n) is 6.89. The van der Waals surface area contributed by atoms with Gasteiger partial charge in [0.05, 0.1) is 13.1 Å². The molecule has 0 radical (unpaired) electrons. The molecule has 0 fully saturated rings. The molecule has 1 rings (SSSR count). The minimum Gasteiger partial charge on any atom is -0.341 e. The maximum atomic E-state index is 12.0. The van der Waals surface area contributed by atoms with Crippen LogP contribution in [0.25, 0.3) is 0 Å². The molecule has 0 aliphatic heterocycles. The lowest BCUT2D eigenvalue weighted by Crippen LogP contribution is -2.44. The first kappa shape index (κ1) is 17.6. The Morgan fingerprint density at radius 1 is 1.09 bits per heavy atom. The normalized spacial score (nSPS) is 10.2. The topological polar surface area (TPSA) is 90.5 Å². The van der Waals surface area contributed by atoms with Crippen molar-refractivity contribution in [1.29, 1.82) is 0 Å². The van der Waals surface area contributed by atoms with Gasteiger partial charge in [-0.2, -0.15) is 0 Å². The van der Waals surface area contributed by atoms with Crippen LogP contribution < -0.4 is 16.0 Å². The number of nitrogens with zero attached hydrogens (tertiary/aromatic N) is 1. The Kier molecular flexibility index (Phi) is 6.52. The highest BCUT2D eigenvalue weighted by molar-refractivity contribution is 5.96. The van der Waals surface area contributed by atoms with Crippen molar-refractivity contribution in [3.05, 3.63) is 29.3 Å². The Balaban J connectivity index is 2.49. The Labute approximate surface area is 130 Å². The van der Waals surface area contributed by atoms with Crippen LogP contribution in [0.4, 0.5) is 10.5 Å². The molecular formula is C15H22N4O3. The molecule has 22 heavy (non-hydrogen) atoms. The van der Waals surface area contributed by atoms with E-state index in [0.717, 1.165) is 16.8 Å². The van der Waals surface area contributed by atoms with E-state index in [2.05, 4.69) is 16.0 Å². The molecule has 0 saturated carbocycles. The van der Waals surface area contributed by atoms with Crippen LogP contribution >= 0.6 is 0 Å². The van der Waals surface area contributed by atoms with E-state index in [1.54, 1.807) is 7.05 Å². The molecule has 0 aliphatic carbocycles. The smallest absolute Gasteiger partial charge is 0.321 e. The number of carbonyl (C=O) groups is 3. The molecule has 120 valence electrons. The summed E-state index contributed by atoms with van der Waals surface area (Å²) in [6.07, 6.45) is 0. The number of imide groups is 1. The first-order valence-corrected chi connectivity index (χ1v) is 6.89. The average Bonchev–Trinajstić information content (AvgIpc) is 2.43. The summed E-state index contributed by atoms with van der Waals surface area (Å²) in [5.41, 5.74) is 2.86. The lowest BCUT2D eigenvalue weighted by atomic mass is 10.1. The van der Waals surface area contributed by atoms with Gasteiger partial charge in [-0.1, -0.05) is 12.1 Å². The Morgan fingerprint density at radius 3 is 2.36 bits per heavy atom. The summed E-state index contributed by atoms with van der Waals surface area (Å²) in [5.74, 6) is -0.690. The van der Waals surface area contributed by atoms with E-state index in [1.165, 1.54) is 11.9 Å². The minimum atomic E-state index is -0.571. The second-order valence-electron chi connectivity index (χ2n) is 5.10. The van der Waals surface area contributed by atoms with Crippen LogP contribution in [-0.2, 0) is 9.59 Å². The summed E-state index contributed by atoms with van der Waals surface area (Å²) in [5, 5.41) is 7.24. The summed E-state index contributed by atoms with van der Waals surface area (Å²) in [6.45, 7) is 3.91. The molecule has 3 N–H and O–H groups in total. The molecular weight excluding hydrogens is 284 g/mol. The molecule has 0 bridgehead atoms. The van der Waals surface area contributed by atoms with Gasteiger partial charge in [0, 0.05) is 12.7 Å². The van der Waals surface area contributed by atoms with Crippen molar-refractivity contribution in [2.75, 3.05) is 32.5 Å². The molecule has 0 heterocycles. The molecule has 0 aromatic heterocycles. The fourth-order valence-electron chi connectivity index (χ4n) is 1.85. The number of urea groups is 1. The molecule has 0 atom stereocenters. The van der Waals surface area contributed by atoms with E-state index in [4.69, 9.17) is 0 Å². The van der Waals surface area contributed by atoms with Crippen molar-refractivity contribution in [3.8, 4) is 0 Å². The zero-order valence-corrected chi connectivity index (χ0v) is 13.3. The lowest BCUT2D eigenvalue weighted by molar-refractivity contribution is -0.122.